The molecule has 5 heteroatoms. The SMILES string of the molecule is Cc1ccncc1Nc1ccc(N)cc1C(=O)O. The Morgan fingerprint density at radius 2 is 2.11 bits per heavy atom. The third kappa shape index (κ3) is 2.40. The summed E-state index contributed by atoms with van der Waals surface area (Å²) in [6, 6.07) is 6.57. The van der Waals surface area contributed by atoms with Crippen LogP contribution in [0.4, 0.5) is 17.1 Å². The minimum atomic E-state index is -1.02. The zero-order chi connectivity index (χ0) is 13.1. The van der Waals surface area contributed by atoms with Crippen LogP contribution in [0.5, 0.6) is 0 Å². The number of nitrogens with two attached hydrogens (primary N) is 1. The summed E-state index contributed by atoms with van der Waals surface area (Å²) < 4.78 is 0. The topological polar surface area (TPSA) is 88.2 Å². The number of aryl methyl sites for hydroxylation is 1. The molecule has 0 aliphatic carbocycles. The van der Waals surface area contributed by atoms with Gasteiger partial charge < -0.3 is 16.2 Å². The highest BCUT2D eigenvalue weighted by molar-refractivity contribution is 5.96. The number of hydrogen-bond donors (Lipinski definition) is 3. The van der Waals surface area contributed by atoms with Gasteiger partial charge in [-0.25, -0.2) is 4.79 Å². The highest BCUT2D eigenvalue weighted by Gasteiger charge is 2.11. The third-order valence-corrected chi connectivity index (χ3v) is 2.58. The average molecular weight is 243 g/mol. The van der Waals surface area contributed by atoms with Gasteiger partial charge in [0.1, 0.15) is 0 Å². The van der Waals surface area contributed by atoms with E-state index in [1.54, 1.807) is 24.5 Å². The molecule has 0 saturated heterocycles. The summed E-state index contributed by atoms with van der Waals surface area (Å²) in [7, 11) is 0. The number of anilines is 3. The minimum absolute atomic E-state index is 0.137. The summed E-state index contributed by atoms with van der Waals surface area (Å²) in [6.07, 6.45) is 3.33. The molecule has 4 N–H and O–H groups in total. The lowest BCUT2D eigenvalue weighted by molar-refractivity contribution is 0.0698. The van der Waals surface area contributed by atoms with Crippen LogP contribution < -0.4 is 11.1 Å². The van der Waals surface area contributed by atoms with Crippen molar-refractivity contribution >= 4 is 23.0 Å². The number of nitrogens with zero attached hydrogens (tertiary/aromatic N) is 1. The molecular formula is C13H13N3O2. The lowest BCUT2D eigenvalue weighted by Crippen LogP contribution is -2.04. The fraction of sp³-hybridized carbons (Fsp3) is 0.0769. The van der Waals surface area contributed by atoms with Crippen LogP contribution in [0.2, 0.25) is 0 Å². The summed E-state index contributed by atoms with van der Waals surface area (Å²) in [6.45, 7) is 1.92. The van der Waals surface area contributed by atoms with Crippen molar-refractivity contribution in [3.63, 3.8) is 0 Å². The van der Waals surface area contributed by atoms with Crippen molar-refractivity contribution in [2.24, 2.45) is 0 Å². The average Bonchev–Trinajstić information content (AvgIpc) is 2.34. The first kappa shape index (κ1) is 11.9. The van der Waals surface area contributed by atoms with Crippen molar-refractivity contribution in [3.8, 4) is 0 Å². The molecule has 0 spiro atoms. The van der Waals surface area contributed by atoms with Crippen molar-refractivity contribution in [2.75, 3.05) is 11.1 Å². The number of nitrogen functional groups attached to an aromatic ring is 1. The molecule has 18 heavy (non-hydrogen) atoms. The van der Waals surface area contributed by atoms with Crippen molar-refractivity contribution in [2.45, 2.75) is 6.92 Å². The van der Waals surface area contributed by atoms with Crippen molar-refractivity contribution in [3.05, 3.63) is 47.8 Å². The molecule has 0 atom stereocenters. The molecule has 0 radical (unpaired) electrons. The Labute approximate surface area is 104 Å². The van der Waals surface area contributed by atoms with Crippen LogP contribution in [0.25, 0.3) is 0 Å². The molecule has 5 nitrogen and oxygen atoms in total. The third-order valence-electron chi connectivity index (χ3n) is 2.58. The maximum Gasteiger partial charge on any atom is 0.337 e. The van der Waals surface area contributed by atoms with E-state index in [1.807, 2.05) is 13.0 Å². The molecule has 1 aromatic carbocycles. The monoisotopic (exact) mass is 243 g/mol. The first-order valence-electron chi connectivity index (χ1n) is 5.38. The Hall–Kier alpha value is -2.56. The zero-order valence-electron chi connectivity index (χ0n) is 9.84. The summed E-state index contributed by atoms with van der Waals surface area (Å²) in [4.78, 5) is 15.1. The largest absolute Gasteiger partial charge is 0.478 e. The van der Waals surface area contributed by atoms with Crippen LogP contribution in [0, 0.1) is 6.92 Å². The molecule has 0 saturated carbocycles. The smallest absolute Gasteiger partial charge is 0.337 e. The van der Waals surface area contributed by atoms with E-state index in [0.29, 0.717) is 11.4 Å². The Balaban J connectivity index is 2.41. The van der Waals surface area contributed by atoms with Gasteiger partial charge in [-0.15, -0.1) is 0 Å². The molecule has 0 aliphatic heterocycles. The van der Waals surface area contributed by atoms with Crippen LogP contribution in [0.3, 0.4) is 0 Å². The molecule has 92 valence electrons. The number of aromatic nitrogens is 1. The Bertz CT molecular complexity index is 597. The van der Waals surface area contributed by atoms with Gasteiger partial charge in [-0.3, -0.25) is 4.98 Å². The van der Waals surface area contributed by atoms with E-state index < -0.39 is 5.97 Å². The first-order valence-corrected chi connectivity index (χ1v) is 5.38. The molecule has 2 rings (SSSR count). The molecule has 0 amide bonds. The van der Waals surface area contributed by atoms with Crippen LogP contribution in [0.1, 0.15) is 15.9 Å². The summed E-state index contributed by atoms with van der Waals surface area (Å²) in [5.41, 5.74) is 8.39. The van der Waals surface area contributed by atoms with E-state index in [-0.39, 0.29) is 5.56 Å². The van der Waals surface area contributed by atoms with Gasteiger partial charge in [-0.1, -0.05) is 0 Å². The lowest BCUT2D eigenvalue weighted by atomic mass is 10.1. The Kier molecular flexibility index (Phi) is 3.14. The second-order valence-electron chi connectivity index (χ2n) is 3.93. The quantitative estimate of drug-likeness (QED) is 0.720. The second kappa shape index (κ2) is 4.75. The van der Waals surface area contributed by atoms with E-state index in [4.69, 9.17) is 10.8 Å². The maximum absolute atomic E-state index is 11.1. The van der Waals surface area contributed by atoms with Gasteiger partial charge in [-0.2, -0.15) is 0 Å². The van der Waals surface area contributed by atoms with Crippen LogP contribution in [-0.2, 0) is 0 Å². The number of rotatable bonds is 3. The van der Waals surface area contributed by atoms with Crippen molar-refractivity contribution in [1.82, 2.24) is 4.98 Å². The number of pyridine rings is 1. The highest BCUT2D eigenvalue weighted by atomic mass is 16.4. The lowest BCUT2D eigenvalue weighted by Gasteiger charge is -2.11. The summed E-state index contributed by atoms with van der Waals surface area (Å²) in [5.74, 6) is -1.02. The number of carboxylic acid groups (broad SMARTS) is 1. The molecule has 0 fully saturated rings. The van der Waals surface area contributed by atoms with Crippen molar-refractivity contribution < 1.29 is 9.90 Å². The maximum atomic E-state index is 11.1. The summed E-state index contributed by atoms with van der Waals surface area (Å²) >= 11 is 0. The van der Waals surface area contributed by atoms with E-state index in [9.17, 15) is 4.79 Å². The second-order valence-corrected chi connectivity index (χ2v) is 3.93. The number of carbonyl (C=O) groups is 1. The number of hydrogen-bond acceptors (Lipinski definition) is 4. The molecule has 1 heterocycles. The number of nitrogens with one attached hydrogen (secondary N) is 1. The Morgan fingerprint density at radius 3 is 2.78 bits per heavy atom. The van der Waals surface area contributed by atoms with E-state index in [2.05, 4.69) is 10.3 Å². The minimum Gasteiger partial charge on any atom is -0.478 e. The predicted octanol–water partition coefficient (Wildman–Crippen LogP) is 2.41. The molecule has 1 aromatic heterocycles. The van der Waals surface area contributed by atoms with E-state index in [1.165, 1.54) is 6.07 Å². The fourth-order valence-corrected chi connectivity index (χ4v) is 1.59. The van der Waals surface area contributed by atoms with Gasteiger partial charge in [0.15, 0.2) is 0 Å². The number of benzene rings is 1. The molecule has 2 aromatic rings. The van der Waals surface area contributed by atoms with E-state index >= 15 is 0 Å². The van der Waals surface area contributed by atoms with Gasteiger partial charge in [0, 0.05) is 11.9 Å². The predicted molar refractivity (Wildman–Crippen MR) is 70.1 cm³/mol. The van der Waals surface area contributed by atoms with Gasteiger partial charge in [-0.05, 0) is 36.8 Å². The van der Waals surface area contributed by atoms with Crippen LogP contribution >= 0.6 is 0 Å². The van der Waals surface area contributed by atoms with Gasteiger partial charge in [0.25, 0.3) is 0 Å². The summed E-state index contributed by atoms with van der Waals surface area (Å²) in [5, 5.41) is 12.2. The fourth-order valence-electron chi connectivity index (χ4n) is 1.59. The molecule has 0 unspecified atom stereocenters. The molecular weight excluding hydrogens is 230 g/mol. The van der Waals surface area contributed by atoms with Gasteiger partial charge in [0.2, 0.25) is 0 Å². The molecule has 0 bridgehead atoms. The number of aromatic carboxylic acids is 1. The van der Waals surface area contributed by atoms with Crippen molar-refractivity contribution in [1.29, 1.82) is 0 Å². The number of carboxylic acids is 1. The normalized spacial score (nSPS) is 10.1. The first-order chi connectivity index (χ1) is 8.58. The highest BCUT2D eigenvalue weighted by Crippen LogP contribution is 2.24. The van der Waals surface area contributed by atoms with Crippen LogP contribution in [0.15, 0.2) is 36.7 Å². The van der Waals surface area contributed by atoms with Gasteiger partial charge in [0.05, 0.1) is 23.1 Å². The standard InChI is InChI=1S/C13H13N3O2/c1-8-4-5-15-7-12(8)16-11-3-2-9(14)6-10(11)13(17)18/h2-7,16H,14H2,1H3,(H,17,18). The van der Waals surface area contributed by atoms with Crippen LogP contribution in [-0.4, -0.2) is 16.1 Å². The van der Waals surface area contributed by atoms with E-state index in [0.717, 1.165) is 11.3 Å². The Morgan fingerprint density at radius 1 is 1.33 bits per heavy atom. The van der Waals surface area contributed by atoms with Gasteiger partial charge >= 0.3 is 5.97 Å². The molecule has 0 aliphatic rings. The zero-order valence-corrected chi connectivity index (χ0v) is 9.84.